The molecule has 7 nitrogen and oxygen atoms in total. The quantitative estimate of drug-likeness (QED) is 0.0551. The average molecular weight is 971 g/mol. The van der Waals surface area contributed by atoms with Gasteiger partial charge < -0.3 is 26.6 Å². The minimum atomic E-state index is 0. The number of rotatable bonds is 26. The van der Waals surface area contributed by atoms with Crippen molar-refractivity contribution in [3.8, 4) is 0 Å². The van der Waals surface area contributed by atoms with E-state index in [1.54, 1.807) is 13.8 Å². The zero-order valence-electron chi connectivity index (χ0n) is 39.2. The number of likely N-dealkylation sites (N-methyl/N-ethyl adjacent to an activating group) is 4. The predicted molar refractivity (Wildman–Crippen MR) is 333 cm³/mol. The van der Waals surface area contributed by atoms with Crippen LogP contribution in [0.25, 0.3) is 0 Å². The van der Waals surface area contributed by atoms with Gasteiger partial charge in [0.1, 0.15) is 11.6 Å². The summed E-state index contributed by atoms with van der Waals surface area (Å²) >= 11 is 0. The summed E-state index contributed by atoms with van der Waals surface area (Å²) in [7, 11) is 7.70. The van der Waals surface area contributed by atoms with Gasteiger partial charge in [-0.25, -0.2) is 0 Å². The molecule has 7 heteroatoms. The van der Waals surface area contributed by atoms with Gasteiger partial charge in [0.15, 0.2) is 0 Å². The Balaban J connectivity index is -0.0000000210. The van der Waals surface area contributed by atoms with Crippen molar-refractivity contribution in [2.45, 2.75) is 322 Å². The van der Waals surface area contributed by atoms with E-state index in [0.717, 1.165) is 56.7 Å². The lowest BCUT2D eigenvalue weighted by atomic mass is 10.1. The average Bonchev–Trinajstić information content (AvgIpc) is 3.14. The van der Waals surface area contributed by atoms with Crippen LogP contribution in [0.1, 0.15) is 304 Å². The van der Waals surface area contributed by atoms with Crippen molar-refractivity contribution >= 4 is 11.6 Å². The van der Waals surface area contributed by atoms with Crippen molar-refractivity contribution in [3.63, 3.8) is 0 Å². The molecule has 0 aliphatic heterocycles. The maximum Gasteiger partial charge on any atom is 0.146 e. The van der Waals surface area contributed by atoms with E-state index in [0.29, 0.717) is 6.04 Å². The number of nitrogens with one attached hydrogen (secondary N) is 5. The van der Waals surface area contributed by atoms with Gasteiger partial charge in [-0.1, -0.05) is 271 Å². The molecule has 0 aromatic rings. The maximum absolute atomic E-state index is 11.0. The van der Waals surface area contributed by atoms with E-state index >= 15 is 0 Å². The van der Waals surface area contributed by atoms with Crippen LogP contribution in [0.4, 0.5) is 0 Å². The Bertz CT molecular complexity index is 632. The first-order chi connectivity index (χ1) is 24.7. The molecule has 0 aliphatic rings. The highest BCUT2D eigenvalue weighted by Gasteiger charge is 2.10. The summed E-state index contributed by atoms with van der Waals surface area (Å²) in [6.07, 6.45) is 19.7. The van der Waals surface area contributed by atoms with Crippen molar-refractivity contribution < 1.29 is 9.59 Å². The van der Waals surface area contributed by atoms with Gasteiger partial charge in [-0.05, 0) is 79.1 Å². The molecule has 0 aromatic heterocycles. The van der Waals surface area contributed by atoms with Crippen molar-refractivity contribution in [3.05, 3.63) is 0 Å². The lowest BCUT2D eigenvalue weighted by molar-refractivity contribution is -0.119. The lowest BCUT2D eigenvalue weighted by Gasteiger charge is -2.15. The second-order valence-electron chi connectivity index (χ2n) is 15.0. The molecule has 0 heterocycles. The summed E-state index contributed by atoms with van der Waals surface area (Å²) in [6, 6.07) is 0.801. The van der Waals surface area contributed by atoms with Crippen molar-refractivity contribution in [2.75, 3.05) is 47.8 Å². The fourth-order valence-corrected chi connectivity index (χ4v) is 4.24. The van der Waals surface area contributed by atoms with Crippen LogP contribution in [0.3, 0.4) is 0 Å². The zero-order valence-corrected chi connectivity index (χ0v) is 39.2. The van der Waals surface area contributed by atoms with E-state index in [1.807, 2.05) is 28.2 Å². The smallest absolute Gasteiger partial charge is 0.146 e. The second-order valence-corrected chi connectivity index (χ2v) is 15.0. The third kappa shape index (κ3) is 131. The number of hydrogen-bond donors (Lipinski definition) is 5. The van der Waals surface area contributed by atoms with Crippen LogP contribution in [-0.4, -0.2) is 77.5 Å². The van der Waals surface area contributed by atoms with Gasteiger partial charge in [0.05, 0.1) is 12.1 Å². The highest BCUT2D eigenvalue weighted by molar-refractivity contribution is 5.81. The molecule has 0 aromatic carbocycles. The van der Waals surface area contributed by atoms with E-state index < -0.39 is 0 Å². The molecule has 3 atom stereocenters. The summed E-state index contributed by atoms with van der Waals surface area (Å²) < 4.78 is 0. The van der Waals surface area contributed by atoms with Crippen LogP contribution in [-0.2, 0) is 9.59 Å². The van der Waals surface area contributed by atoms with Crippen LogP contribution >= 0.6 is 0 Å². The Hall–Kier alpha value is -0.860. The predicted octanol–water partition coefficient (Wildman–Crippen LogP) is 19.9. The first-order valence-electron chi connectivity index (χ1n) is 22.1. The number of ketones is 2. The Kier molecular flexibility index (Phi) is 229. The zero-order chi connectivity index (χ0) is 41.6. The molecule has 0 aliphatic carbocycles. The van der Waals surface area contributed by atoms with Crippen LogP contribution in [0.15, 0.2) is 0 Å². The second kappa shape index (κ2) is 115. The van der Waals surface area contributed by atoms with E-state index in [2.05, 4.69) is 110 Å². The molecule has 0 radical (unpaired) electrons. The molecule has 0 bridgehead atoms. The normalized spacial score (nSPS) is 9.47. The third-order valence-corrected chi connectivity index (χ3v) is 9.71. The number of Topliss-reactive ketones (excluding diaryl/α,β-unsaturated/α-hetero) is 2. The van der Waals surface area contributed by atoms with Gasteiger partial charge in [-0.2, -0.15) is 0 Å². The number of carbonyl (C=O) groups excluding carboxylic acids is 2. The van der Waals surface area contributed by atoms with Crippen molar-refractivity contribution in [1.82, 2.24) is 26.6 Å². The van der Waals surface area contributed by atoms with Gasteiger partial charge in [-0.15, -0.1) is 0 Å². The SMILES string of the molecule is C.C.C.C.C.C.C.C.C.C.C.C.C.C.CCC(C)C.CCC(C)CC.CCC(C)CC.CCCC(CNCCNC)NC.CCCCCC(NC)C(C)=O.CCCCCCC(NC)C(C)=O. The van der Waals surface area contributed by atoms with Gasteiger partial charge >= 0.3 is 0 Å². The van der Waals surface area contributed by atoms with Crippen molar-refractivity contribution in [1.29, 1.82) is 0 Å². The van der Waals surface area contributed by atoms with Crippen LogP contribution in [0, 0.1) is 17.8 Å². The standard InChI is InChI=1S/C10H21NO.C9H23N3.C9H19NO.2C6H14.C5H12.14CH4/c1-4-5-6-7-8-10(11-3)9(2)12;1-4-5-9(11-3)8-12-7-6-10-2;1-4-5-6-7-9(10-3)8(2)11;2*1-4-6(3)5-2;1-4-5(2)3;;;;;;;;;;;;;;/h10-11H,4-8H2,1-3H3;9-12H,4-8H2,1-3H3;9-10H,4-7H2,1-3H3;2*6H,4-5H2,1-3H3;5H,4H2,1-3H3;14*1H4. The van der Waals surface area contributed by atoms with E-state index in [-0.39, 0.29) is 128 Å². The number of unbranched alkanes of at least 4 members (excludes halogenated alkanes) is 5. The maximum atomic E-state index is 11.0. The number of hydrogen-bond acceptors (Lipinski definition) is 7. The number of carbonyl (C=O) groups is 2. The molecule has 66 heavy (non-hydrogen) atoms. The summed E-state index contributed by atoms with van der Waals surface area (Å²) in [6.45, 7) is 33.2. The summed E-state index contributed by atoms with van der Waals surface area (Å²) in [4.78, 5) is 21.9. The van der Waals surface area contributed by atoms with E-state index in [4.69, 9.17) is 0 Å². The molecule has 0 saturated heterocycles. The first-order valence-corrected chi connectivity index (χ1v) is 22.1. The summed E-state index contributed by atoms with van der Waals surface area (Å²) in [5.74, 6) is 3.27. The topological polar surface area (TPSA) is 94.3 Å². The molecule has 0 rings (SSSR count). The molecule has 3 unspecified atom stereocenters. The van der Waals surface area contributed by atoms with E-state index in [1.165, 1.54) is 83.5 Å². The minimum Gasteiger partial charge on any atom is -0.318 e. The highest BCUT2D eigenvalue weighted by atomic mass is 16.1. The Morgan fingerprint density at radius 2 is 0.697 bits per heavy atom. The molecule has 432 valence electrons. The lowest BCUT2D eigenvalue weighted by Crippen LogP contribution is -2.38. The van der Waals surface area contributed by atoms with Crippen LogP contribution < -0.4 is 26.6 Å². The molecule has 0 amide bonds. The molecule has 0 saturated carbocycles. The summed E-state index contributed by atoms with van der Waals surface area (Å²) in [5.41, 5.74) is 0. The minimum absolute atomic E-state index is 0. The Morgan fingerprint density at radius 3 is 0.894 bits per heavy atom. The molecular formula is C59H159N5O2. The molecule has 0 spiro atoms. The monoisotopic (exact) mass is 970 g/mol. The van der Waals surface area contributed by atoms with Gasteiger partial charge in [-0.3, -0.25) is 9.59 Å². The van der Waals surface area contributed by atoms with E-state index in [9.17, 15) is 9.59 Å². The molecule has 5 N–H and O–H groups in total. The van der Waals surface area contributed by atoms with Crippen LogP contribution in [0.5, 0.6) is 0 Å². The van der Waals surface area contributed by atoms with Gasteiger partial charge in [0, 0.05) is 25.7 Å². The first kappa shape index (κ1) is 132. The summed E-state index contributed by atoms with van der Waals surface area (Å²) in [5, 5.41) is 15.8. The third-order valence-electron chi connectivity index (χ3n) is 9.71. The Labute approximate surface area is 433 Å². The molecular weight excluding hydrogens is 811 g/mol. The van der Waals surface area contributed by atoms with Crippen molar-refractivity contribution in [2.24, 2.45) is 17.8 Å². The Morgan fingerprint density at radius 1 is 0.394 bits per heavy atom. The largest absolute Gasteiger partial charge is 0.318 e. The highest BCUT2D eigenvalue weighted by Crippen LogP contribution is 2.06. The van der Waals surface area contributed by atoms with Gasteiger partial charge in [0.2, 0.25) is 0 Å². The fraction of sp³-hybridized carbons (Fsp3) is 0.966. The molecule has 0 fully saturated rings. The fourth-order valence-electron chi connectivity index (χ4n) is 4.24. The van der Waals surface area contributed by atoms with Gasteiger partial charge in [0.25, 0.3) is 0 Å². The van der Waals surface area contributed by atoms with Crippen LogP contribution in [0.2, 0.25) is 0 Å².